The SMILES string of the molecule is CCCNCc1sc(Cc2ccc(Cl)cc2Cl)nc1C. The highest BCUT2D eigenvalue weighted by atomic mass is 35.5. The van der Waals surface area contributed by atoms with Crippen molar-refractivity contribution in [2.45, 2.75) is 33.2 Å². The summed E-state index contributed by atoms with van der Waals surface area (Å²) in [4.78, 5) is 5.94. The molecule has 0 saturated carbocycles. The molecule has 1 aromatic heterocycles. The molecule has 0 aliphatic heterocycles. The Morgan fingerprint density at radius 2 is 2.10 bits per heavy atom. The van der Waals surface area contributed by atoms with Crippen LogP contribution in [0.5, 0.6) is 0 Å². The summed E-state index contributed by atoms with van der Waals surface area (Å²) >= 11 is 13.9. The van der Waals surface area contributed by atoms with Crippen LogP contribution in [0.4, 0.5) is 0 Å². The van der Waals surface area contributed by atoms with E-state index >= 15 is 0 Å². The van der Waals surface area contributed by atoms with Gasteiger partial charge in [-0.2, -0.15) is 0 Å². The Hall–Kier alpha value is -0.610. The first-order chi connectivity index (χ1) is 9.60. The largest absolute Gasteiger partial charge is 0.312 e. The van der Waals surface area contributed by atoms with Crippen LogP contribution in [0.25, 0.3) is 0 Å². The summed E-state index contributed by atoms with van der Waals surface area (Å²) in [5, 5.41) is 5.88. The van der Waals surface area contributed by atoms with E-state index in [-0.39, 0.29) is 0 Å². The van der Waals surface area contributed by atoms with Gasteiger partial charge in [-0.15, -0.1) is 11.3 Å². The molecule has 20 heavy (non-hydrogen) atoms. The number of benzene rings is 1. The Balaban J connectivity index is 2.08. The van der Waals surface area contributed by atoms with E-state index in [9.17, 15) is 0 Å². The molecule has 0 fully saturated rings. The number of hydrogen-bond donors (Lipinski definition) is 1. The lowest BCUT2D eigenvalue weighted by Gasteiger charge is -2.02. The van der Waals surface area contributed by atoms with Crippen LogP contribution >= 0.6 is 34.5 Å². The first kappa shape index (κ1) is 15.8. The monoisotopic (exact) mass is 328 g/mol. The third kappa shape index (κ3) is 4.19. The topological polar surface area (TPSA) is 24.9 Å². The van der Waals surface area contributed by atoms with Gasteiger partial charge in [0.25, 0.3) is 0 Å². The van der Waals surface area contributed by atoms with Crippen molar-refractivity contribution in [2.75, 3.05) is 6.54 Å². The molecule has 108 valence electrons. The van der Waals surface area contributed by atoms with Crippen LogP contribution in [-0.2, 0) is 13.0 Å². The predicted octanol–water partition coefficient (Wildman–Crippen LogP) is 4.85. The zero-order valence-electron chi connectivity index (χ0n) is 11.7. The molecule has 2 nitrogen and oxygen atoms in total. The van der Waals surface area contributed by atoms with Crippen molar-refractivity contribution >= 4 is 34.5 Å². The minimum atomic E-state index is 0.665. The van der Waals surface area contributed by atoms with Crippen LogP contribution in [0, 0.1) is 6.92 Å². The van der Waals surface area contributed by atoms with Crippen molar-refractivity contribution in [3.05, 3.63) is 49.4 Å². The zero-order chi connectivity index (χ0) is 14.5. The standard InChI is InChI=1S/C15H18Cl2N2S/c1-3-6-18-9-14-10(2)19-15(20-14)7-11-4-5-12(16)8-13(11)17/h4-5,8,18H,3,6-7,9H2,1-2H3. The molecule has 2 rings (SSSR count). The Kier molecular flexibility index (Phi) is 5.85. The van der Waals surface area contributed by atoms with Crippen LogP contribution in [0.15, 0.2) is 18.2 Å². The summed E-state index contributed by atoms with van der Waals surface area (Å²) in [6, 6.07) is 5.62. The minimum Gasteiger partial charge on any atom is -0.312 e. The van der Waals surface area contributed by atoms with Crippen LogP contribution in [0.1, 0.15) is 34.5 Å². The van der Waals surface area contributed by atoms with Gasteiger partial charge in [0.05, 0.1) is 10.7 Å². The smallest absolute Gasteiger partial charge is 0.0975 e. The molecule has 1 aromatic carbocycles. The second-order valence-corrected chi connectivity index (χ2v) is 6.72. The summed E-state index contributed by atoms with van der Waals surface area (Å²) in [6.45, 7) is 6.16. The van der Waals surface area contributed by atoms with Gasteiger partial charge in [0.2, 0.25) is 0 Å². The van der Waals surface area contributed by atoms with Gasteiger partial charge in [-0.25, -0.2) is 4.98 Å². The molecule has 5 heteroatoms. The highest BCUT2D eigenvalue weighted by Crippen LogP contribution is 2.26. The van der Waals surface area contributed by atoms with E-state index in [1.807, 2.05) is 12.1 Å². The van der Waals surface area contributed by atoms with Gasteiger partial charge in [-0.3, -0.25) is 0 Å². The summed E-state index contributed by atoms with van der Waals surface area (Å²) in [7, 11) is 0. The maximum Gasteiger partial charge on any atom is 0.0975 e. The number of halogens is 2. The van der Waals surface area contributed by atoms with Crippen molar-refractivity contribution < 1.29 is 0 Å². The normalized spacial score (nSPS) is 11.0. The molecule has 2 aromatic rings. The highest BCUT2D eigenvalue weighted by Gasteiger charge is 2.10. The molecule has 0 bridgehead atoms. The van der Waals surface area contributed by atoms with Crippen LogP contribution in [-0.4, -0.2) is 11.5 Å². The molecule has 1 heterocycles. The lowest BCUT2D eigenvalue weighted by molar-refractivity contribution is 0.678. The summed E-state index contributed by atoms with van der Waals surface area (Å²) < 4.78 is 0. The van der Waals surface area contributed by atoms with Crippen LogP contribution in [0.2, 0.25) is 10.0 Å². The summed E-state index contributed by atoms with van der Waals surface area (Å²) in [6.07, 6.45) is 1.90. The van der Waals surface area contributed by atoms with Crippen molar-refractivity contribution in [1.82, 2.24) is 10.3 Å². The molecule has 0 saturated heterocycles. The Morgan fingerprint density at radius 3 is 2.80 bits per heavy atom. The summed E-state index contributed by atoms with van der Waals surface area (Å²) in [5.74, 6) is 0. The van der Waals surface area contributed by atoms with Crippen LogP contribution in [0.3, 0.4) is 0 Å². The number of nitrogens with zero attached hydrogens (tertiary/aromatic N) is 1. The average molecular weight is 329 g/mol. The molecule has 0 radical (unpaired) electrons. The van der Waals surface area contributed by atoms with Gasteiger partial charge >= 0.3 is 0 Å². The van der Waals surface area contributed by atoms with E-state index < -0.39 is 0 Å². The molecule has 1 N–H and O–H groups in total. The van der Waals surface area contributed by atoms with Gasteiger partial charge in [0.1, 0.15) is 0 Å². The molecule has 0 unspecified atom stereocenters. The maximum absolute atomic E-state index is 6.21. The minimum absolute atomic E-state index is 0.665. The molecule has 0 spiro atoms. The number of hydrogen-bond acceptors (Lipinski definition) is 3. The number of nitrogens with one attached hydrogen (secondary N) is 1. The fraction of sp³-hybridized carbons (Fsp3) is 0.400. The lowest BCUT2D eigenvalue weighted by Crippen LogP contribution is -2.13. The van der Waals surface area contributed by atoms with Gasteiger partial charge in [-0.1, -0.05) is 36.2 Å². The Morgan fingerprint density at radius 1 is 1.30 bits per heavy atom. The zero-order valence-corrected chi connectivity index (χ0v) is 14.0. The van der Waals surface area contributed by atoms with Crippen molar-refractivity contribution in [3.8, 4) is 0 Å². The molecule has 0 aliphatic rings. The molecule has 0 aliphatic carbocycles. The predicted molar refractivity (Wildman–Crippen MR) is 88.1 cm³/mol. The van der Waals surface area contributed by atoms with E-state index in [1.165, 1.54) is 4.88 Å². The second kappa shape index (κ2) is 7.41. The molecule has 0 amide bonds. The highest BCUT2D eigenvalue weighted by molar-refractivity contribution is 7.11. The van der Waals surface area contributed by atoms with Crippen molar-refractivity contribution in [1.29, 1.82) is 0 Å². The lowest BCUT2D eigenvalue weighted by atomic mass is 10.1. The first-order valence-electron chi connectivity index (χ1n) is 6.70. The van der Waals surface area contributed by atoms with E-state index in [0.29, 0.717) is 10.0 Å². The Bertz CT molecular complexity index is 581. The maximum atomic E-state index is 6.21. The average Bonchev–Trinajstić information content (AvgIpc) is 2.74. The second-order valence-electron chi connectivity index (χ2n) is 4.71. The van der Waals surface area contributed by atoms with Crippen molar-refractivity contribution in [3.63, 3.8) is 0 Å². The van der Waals surface area contributed by atoms with Gasteiger partial charge in [0.15, 0.2) is 0 Å². The van der Waals surface area contributed by atoms with E-state index in [4.69, 9.17) is 23.2 Å². The number of thiazole rings is 1. The van der Waals surface area contributed by atoms with E-state index in [1.54, 1.807) is 17.4 Å². The van der Waals surface area contributed by atoms with Gasteiger partial charge in [-0.05, 0) is 37.6 Å². The Labute approximate surface area is 134 Å². The molecular formula is C15H18Cl2N2S. The van der Waals surface area contributed by atoms with Gasteiger partial charge in [0, 0.05) is 27.9 Å². The number of aryl methyl sites for hydroxylation is 1. The van der Waals surface area contributed by atoms with Gasteiger partial charge < -0.3 is 5.32 Å². The first-order valence-corrected chi connectivity index (χ1v) is 8.27. The molecular weight excluding hydrogens is 311 g/mol. The number of rotatable bonds is 6. The number of aromatic nitrogens is 1. The summed E-state index contributed by atoms with van der Waals surface area (Å²) in [5.41, 5.74) is 2.18. The third-order valence-electron chi connectivity index (χ3n) is 3.01. The quantitative estimate of drug-likeness (QED) is 0.767. The van der Waals surface area contributed by atoms with Crippen molar-refractivity contribution in [2.24, 2.45) is 0 Å². The molecule has 0 atom stereocenters. The van der Waals surface area contributed by atoms with E-state index in [2.05, 4.69) is 24.1 Å². The van der Waals surface area contributed by atoms with Crippen LogP contribution < -0.4 is 5.32 Å². The fourth-order valence-corrected chi connectivity index (χ4v) is 3.47. The fourth-order valence-electron chi connectivity index (χ4n) is 1.93. The van der Waals surface area contributed by atoms with E-state index in [0.717, 1.165) is 42.2 Å². The third-order valence-corrected chi connectivity index (χ3v) is 4.75.